The highest BCUT2D eigenvalue weighted by Gasteiger charge is 2.38. The fraction of sp³-hybridized carbons (Fsp3) is 0.458. The number of nitrogens with one attached hydrogen (secondary N) is 2. The Balaban J connectivity index is 1.74. The predicted octanol–water partition coefficient (Wildman–Crippen LogP) is 3.23. The first kappa shape index (κ1) is 22.4. The first-order valence-corrected chi connectivity index (χ1v) is 10.9. The molecule has 0 atom stereocenters. The molecule has 1 aliphatic carbocycles. The maximum Gasteiger partial charge on any atom is 0.251 e. The van der Waals surface area contributed by atoms with Crippen LogP contribution in [0, 0.1) is 16.9 Å². The molecule has 0 radical (unpaired) electrons. The molecule has 7 heteroatoms. The summed E-state index contributed by atoms with van der Waals surface area (Å²) in [5.41, 5.74) is 1.76. The number of hydrogen-bond donors (Lipinski definition) is 2. The maximum atomic E-state index is 12.8. The number of carbonyl (C=O) groups is 1. The average molecular weight is 422 g/mol. The molecule has 2 N–H and O–H groups in total. The average Bonchev–Trinajstić information content (AvgIpc) is 2.83. The number of methoxy groups -OCH3 is 1. The third-order valence-corrected chi connectivity index (χ3v) is 6.02. The summed E-state index contributed by atoms with van der Waals surface area (Å²) in [6.45, 7) is 4.69. The van der Waals surface area contributed by atoms with Gasteiger partial charge in [-0.25, -0.2) is 0 Å². The molecule has 0 bridgehead atoms. The third-order valence-electron chi connectivity index (χ3n) is 6.02. The van der Waals surface area contributed by atoms with Gasteiger partial charge in [0.2, 0.25) is 5.96 Å². The van der Waals surface area contributed by atoms with Gasteiger partial charge in [0.1, 0.15) is 5.75 Å². The summed E-state index contributed by atoms with van der Waals surface area (Å²) < 4.78 is 5.24. The number of allylic oxidation sites excluding steroid dienone is 3. The Hall–Kier alpha value is -3.27. The second-order valence-electron chi connectivity index (χ2n) is 7.86. The molecule has 3 rings (SSSR count). The van der Waals surface area contributed by atoms with Crippen LogP contribution < -0.4 is 15.4 Å². The SMILES string of the molecule is CCN=C(NC#N)N1CCC(CNC(=O)c2cccc(OC)c2)(C2=CCCC=C2)CC1. The number of likely N-dealkylation sites (tertiary alicyclic amines) is 1. The first-order chi connectivity index (χ1) is 15.1. The molecule has 31 heavy (non-hydrogen) atoms. The van der Waals surface area contributed by atoms with E-state index in [0.29, 0.717) is 30.4 Å². The summed E-state index contributed by atoms with van der Waals surface area (Å²) >= 11 is 0. The molecule has 1 aromatic carbocycles. The van der Waals surface area contributed by atoms with Gasteiger partial charge in [0.05, 0.1) is 7.11 Å². The van der Waals surface area contributed by atoms with E-state index in [9.17, 15) is 4.79 Å². The Labute approximate surface area is 184 Å². The molecular weight excluding hydrogens is 390 g/mol. The predicted molar refractivity (Wildman–Crippen MR) is 122 cm³/mol. The number of ether oxygens (including phenoxy) is 1. The number of piperidine rings is 1. The van der Waals surface area contributed by atoms with Crippen molar-refractivity contribution in [1.29, 1.82) is 5.26 Å². The maximum absolute atomic E-state index is 12.8. The fourth-order valence-electron chi connectivity index (χ4n) is 4.25. The van der Waals surface area contributed by atoms with Crippen LogP contribution in [0.4, 0.5) is 0 Å². The van der Waals surface area contributed by atoms with Crippen LogP contribution in [0.15, 0.2) is 53.1 Å². The van der Waals surface area contributed by atoms with Gasteiger partial charge in [-0.3, -0.25) is 15.1 Å². The van der Waals surface area contributed by atoms with Gasteiger partial charge in [0.25, 0.3) is 5.91 Å². The number of rotatable bonds is 6. The Morgan fingerprint density at radius 2 is 2.13 bits per heavy atom. The number of nitrogens with zero attached hydrogens (tertiary/aromatic N) is 3. The van der Waals surface area contributed by atoms with Crippen molar-refractivity contribution in [2.75, 3.05) is 33.3 Å². The van der Waals surface area contributed by atoms with E-state index < -0.39 is 0 Å². The fourth-order valence-corrected chi connectivity index (χ4v) is 4.25. The lowest BCUT2D eigenvalue weighted by Gasteiger charge is -2.44. The molecule has 0 saturated carbocycles. The molecule has 1 heterocycles. The molecule has 0 aromatic heterocycles. The van der Waals surface area contributed by atoms with Crippen molar-refractivity contribution in [3.05, 3.63) is 53.6 Å². The van der Waals surface area contributed by atoms with Gasteiger partial charge >= 0.3 is 0 Å². The second-order valence-corrected chi connectivity index (χ2v) is 7.86. The van der Waals surface area contributed by atoms with Crippen LogP contribution in [0.3, 0.4) is 0 Å². The Morgan fingerprint density at radius 1 is 1.32 bits per heavy atom. The van der Waals surface area contributed by atoms with E-state index in [2.05, 4.69) is 38.8 Å². The van der Waals surface area contributed by atoms with E-state index in [1.54, 1.807) is 19.2 Å². The van der Waals surface area contributed by atoms with Crippen LogP contribution in [0.25, 0.3) is 0 Å². The summed E-state index contributed by atoms with van der Waals surface area (Å²) in [5.74, 6) is 1.20. The van der Waals surface area contributed by atoms with Crippen molar-refractivity contribution in [1.82, 2.24) is 15.5 Å². The lowest BCUT2D eigenvalue weighted by Crippen LogP contribution is -2.51. The Morgan fingerprint density at radius 3 is 2.77 bits per heavy atom. The Bertz CT molecular complexity index is 905. The molecule has 0 spiro atoms. The molecule has 1 fully saturated rings. The number of carbonyl (C=O) groups excluding carboxylic acids is 1. The minimum Gasteiger partial charge on any atom is -0.497 e. The van der Waals surface area contributed by atoms with Crippen molar-refractivity contribution < 1.29 is 9.53 Å². The van der Waals surface area contributed by atoms with Crippen LogP contribution in [0.1, 0.15) is 43.0 Å². The highest BCUT2D eigenvalue weighted by atomic mass is 16.5. The van der Waals surface area contributed by atoms with E-state index in [-0.39, 0.29) is 11.3 Å². The second kappa shape index (κ2) is 10.7. The van der Waals surface area contributed by atoms with Crippen molar-refractivity contribution in [3.63, 3.8) is 0 Å². The van der Waals surface area contributed by atoms with Crippen molar-refractivity contribution in [3.8, 4) is 11.9 Å². The monoisotopic (exact) mass is 421 g/mol. The number of guanidine groups is 1. The van der Waals surface area contributed by atoms with Gasteiger partial charge in [0.15, 0.2) is 6.19 Å². The highest BCUT2D eigenvalue weighted by Crippen LogP contribution is 2.40. The molecule has 1 amide bonds. The summed E-state index contributed by atoms with van der Waals surface area (Å²) in [5, 5.41) is 14.9. The molecule has 1 aromatic rings. The van der Waals surface area contributed by atoms with Crippen molar-refractivity contribution in [2.45, 2.75) is 32.6 Å². The number of hydrogen-bond acceptors (Lipinski definition) is 4. The summed E-state index contributed by atoms with van der Waals surface area (Å²) in [6, 6.07) is 7.21. The zero-order chi connectivity index (χ0) is 22.1. The molecule has 0 unspecified atom stereocenters. The molecular formula is C24H31N5O2. The summed E-state index contributed by atoms with van der Waals surface area (Å²) in [6.07, 6.45) is 12.6. The van der Waals surface area contributed by atoms with Crippen molar-refractivity contribution in [2.24, 2.45) is 10.4 Å². The number of aliphatic imine (C=N–C) groups is 1. The molecule has 7 nitrogen and oxygen atoms in total. The normalized spacial score (nSPS) is 18.0. The minimum atomic E-state index is -0.133. The highest BCUT2D eigenvalue weighted by molar-refractivity contribution is 5.94. The quantitative estimate of drug-likeness (QED) is 0.319. The zero-order valence-electron chi connectivity index (χ0n) is 18.4. The van der Waals surface area contributed by atoms with Crippen LogP contribution >= 0.6 is 0 Å². The minimum absolute atomic E-state index is 0.0968. The van der Waals surface area contributed by atoms with E-state index in [1.165, 1.54) is 5.57 Å². The standard InChI is InChI=1S/C24H31N5O2/c1-3-26-23(28-18-25)29-14-12-24(13-15-29,20-9-5-4-6-10-20)17-27-22(30)19-8-7-11-21(16-19)31-2/h5,7-11,16H,3-4,6,12-15,17H2,1-2H3,(H,26,28)(H,27,30). The van der Waals surface area contributed by atoms with E-state index in [4.69, 9.17) is 10.00 Å². The number of nitriles is 1. The van der Waals surface area contributed by atoms with Crippen LogP contribution in [0.2, 0.25) is 0 Å². The smallest absolute Gasteiger partial charge is 0.251 e. The van der Waals surface area contributed by atoms with Gasteiger partial charge in [-0.2, -0.15) is 5.26 Å². The van der Waals surface area contributed by atoms with Crippen LogP contribution in [-0.2, 0) is 0 Å². The lowest BCUT2D eigenvalue weighted by atomic mass is 9.70. The Kier molecular flexibility index (Phi) is 7.71. The van der Waals surface area contributed by atoms with E-state index in [1.807, 2.05) is 25.2 Å². The molecule has 1 aliphatic heterocycles. The van der Waals surface area contributed by atoms with Crippen molar-refractivity contribution >= 4 is 11.9 Å². The number of benzene rings is 1. The van der Waals surface area contributed by atoms with Gasteiger partial charge in [-0.15, -0.1) is 0 Å². The summed E-state index contributed by atoms with van der Waals surface area (Å²) in [4.78, 5) is 19.4. The summed E-state index contributed by atoms with van der Waals surface area (Å²) in [7, 11) is 1.60. The molecule has 2 aliphatic rings. The van der Waals surface area contributed by atoms with Crippen LogP contribution in [-0.4, -0.2) is 50.1 Å². The molecule has 1 saturated heterocycles. The zero-order valence-corrected chi connectivity index (χ0v) is 18.4. The largest absolute Gasteiger partial charge is 0.497 e. The van der Waals surface area contributed by atoms with E-state index >= 15 is 0 Å². The number of amides is 1. The molecule has 164 valence electrons. The van der Waals surface area contributed by atoms with Gasteiger partial charge in [-0.1, -0.05) is 24.3 Å². The van der Waals surface area contributed by atoms with E-state index in [0.717, 1.165) is 38.8 Å². The van der Waals surface area contributed by atoms with Gasteiger partial charge in [0, 0.05) is 37.2 Å². The topological polar surface area (TPSA) is 89.8 Å². The van der Waals surface area contributed by atoms with Gasteiger partial charge < -0.3 is 15.0 Å². The third kappa shape index (κ3) is 5.46. The lowest BCUT2D eigenvalue weighted by molar-refractivity contribution is 0.0918. The first-order valence-electron chi connectivity index (χ1n) is 10.9. The van der Waals surface area contributed by atoms with Gasteiger partial charge in [-0.05, 0) is 56.4 Å². The van der Waals surface area contributed by atoms with Crippen LogP contribution in [0.5, 0.6) is 5.75 Å².